The van der Waals surface area contributed by atoms with E-state index < -0.39 is 74.1 Å². The van der Waals surface area contributed by atoms with Gasteiger partial charge in [0.05, 0.1) is 31.5 Å². The van der Waals surface area contributed by atoms with Crippen molar-refractivity contribution >= 4 is 52.5 Å². The zero-order valence-corrected chi connectivity index (χ0v) is 23.6. The van der Waals surface area contributed by atoms with E-state index in [-0.39, 0.29) is 29.5 Å². The molecule has 2 bridgehead atoms. The van der Waals surface area contributed by atoms with Gasteiger partial charge in [-0.05, 0) is 17.9 Å². The third-order valence-electron chi connectivity index (χ3n) is 7.77. The van der Waals surface area contributed by atoms with Gasteiger partial charge in [-0.25, -0.2) is 15.0 Å². The number of aliphatic hydroxyl groups is 3. The molecule has 3 aliphatic rings. The molecule has 230 valence electrons. The molecule has 0 aliphatic carbocycles. The van der Waals surface area contributed by atoms with Crippen LogP contribution in [0.5, 0.6) is 0 Å². The van der Waals surface area contributed by atoms with Crippen LogP contribution >= 0.6 is 6.72 Å². The first-order valence-electron chi connectivity index (χ1n) is 12.9. The van der Waals surface area contributed by atoms with Crippen LogP contribution in [0.25, 0.3) is 22.2 Å². The van der Waals surface area contributed by atoms with Gasteiger partial charge in [0, 0.05) is 6.20 Å². The SMILES string of the molecule is Nc1nc2c(ncn2[C@@H]2O[C@H](CO)[C@H](O)[C@@H]2OP(O)(=S)OC[C@@]23CO[C@H]([C@H](n4ccc5c(N)ncnc54)O2)[C@H]3O)c(=O)[nH]1. The molecule has 7 rings (SSSR count). The van der Waals surface area contributed by atoms with Gasteiger partial charge in [0.25, 0.3) is 5.56 Å². The Bertz CT molecular complexity index is 1820. The Morgan fingerprint density at radius 2 is 2.02 bits per heavy atom. The fraction of sp³-hybridized carbons (Fsp3) is 0.500. The third-order valence-corrected chi connectivity index (χ3v) is 9.31. The van der Waals surface area contributed by atoms with Crippen molar-refractivity contribution in [1.82, 2.24) is 34.1 Å². The number of aromatic amines is 1. The van der Waals surface area contributed by atoms with Crippen LogP contribution in [0.4, 0.5) is 11.8 Å². The number of nitrogens with one attached hydrogen (secondary N) is 1. The molecule has 3 saturated heterocycles. The summed E-state index contributed by atoms with van der Waals surface area (Å²) in [5.74, 6) is 0.0808. The zero-order valence-electron chi connectivity index (χ0n) is 21.9. The standard InChI is InChI=1S/C22H26N9O10PS/c23-15-8-1-2-30(16(8)26-6-25-15)20-13-14(34)22(40-20,4-37-13)5-38-42(36,43)41-12-11(33)9(3-32)39-19(12)31-7-27-10-17(31)28-21(24)29-18(10)35/h1-2,6-7,9,11-14,19-20,32-34H,3-5H2,(H,36,43)(H2,23,25,26)(H3,24,28,29,35)/t9-,11+,12+,13+,14-,19-,20-,22-,42?/m1/s1. The van der Waals surface area contributed by atoms with E-state index in [2.05, 4.69) is 24.9 Å². The maximum Gasteiger partial charge on any atom is 0.325 e. The number of anilines is 2. The molecule has 0 amide bonds. The van der Waals surface area contributed by atoms with E-state index in [4.69, 9.17) is 46.5 Å². The van der Waals surface area contributed by atoms with Crippen molar-refractivity contribution in [3.8, 4) is 0 Å². The van der Waals surface area contributed by atoms with E-state index in [1.807, 2.05) is 0 Å². The summed E-state index contributed by atoms with van der Waals surface area (Å²) in [6.45, 7) is -5.33. The van der Waals surface area contributed by atoms with Gasteiger partial charge in [0.2, 0.25) is 5.95 Å². The highest BCUT2D eigenvalue weighted by Crippen LogP contribution is 2.53. The number of hydrogen-bond acceptors (Lipinski definition) is 16. The molecule has 0 radical (unpaired) electrons. The van der Waals surface area contributed by atoms with Crippen molar-refractivity contribution in [3.63, 3.8) is 0 Å². The molecular formula is C22H26N9O10PS. The Labute approximate surface area is 245 Å². The molecule has 19 nitrogen and oxygen atoms in total. The first-order chi connectivity index (χ1) is 20.5. The molecule has 0 spiro atoms. The Balaban J connectivity index is 1.11. The number of aromatic nitrogens is 7. The number of nitrogens with two attached hydrogens (primary N) is 2. The minimum absolute atomic E-state index is 0.00363. The van der Waals surface area contributed by atoms with Crippen LogP contribution in [0.1, 0.15) is 12.5 Å². The van der Waals surface area contributed by atoms with E-state index in [0.29, 0.717) is 11.0 Å². The molecule has 9 atom stereocenters. The highest BCUT2D eigenvalue weighted by molar-refractivity contribution is 8.07. The molecule has 21 heteroatoms. The third kappa shape index (κ3) is 4.54. The summed E-state index contributed by atoms with van der Waals surface area (Å²) in [7, 11) is 0. The van der Waals surface area contributed by atoms with E-state index in [1.54, 1.807) is 16.8 Å². The number of ether oxygens (including phenoxy) is 3. The average molecular weight is 640 g/mol. The van der Waals surface area contributed by atoms with Gasteiger partial charge in [-0.2, -0.15) is 4.98 Å². The minimum Gasteiger partial charge on any atom is -0.394 e. The minimum atomic E-state index is -4.20. The first kappa shape index (κ1) is 28.6. The summed E-state index contributed by atoms with van der Waals surface area (Å²) in [5.41, 5.74) is 9.99. The normalized spacial score (nSPS) is 33.5. The Morgan fingerprint density at radius 1 is 1.21 bits per heavy atom. The van der Waals surface area contributed by atoms with Crippen molar-refractivity contribution in [3.05, 3.63) is 35.3 Å². The number of nitrogen functional groups attached to an aromatic ring is 2. The van der Waals surface area contributed by atoms with E-state index in [0.717, 1.165) is 0 Å². The summed E-state index contributed by atoms with van der Waals surface area (Å²) >= 11 is 5.26. The molecule has 1 unspecified atom stereocenters. The first-order valence-corrected chi connectivity index (χ1v) is 15.5. The van der Waals surface area contributed by atoms with Gasteiger partial charge in [-0.15, -0.1) is 0 Å². The number of imidazole rings is 1. The van der Waals surface area contributed by atoms with Gasteiger partial charge >= 0.3 is 6.72 Å². The lowest BCUT2D eigenvalue weighted by Gasteiger charge is -2.33. The number of rotatable bonds is 8. The Morgan fingerprint density at radius 3 is 2.81 bits per heavy atom. The van der Waals surface area contributed by atoms with Crippen LogP contribution in [0.3, 0.4) is 0 Å². The molecular weight excluding hydrogens is 613 g/mol. The topological polar surface area (TPSA) is 273 Å². The summed E-state index contributed by atoms with van der Waals surface area (Å²) in [4.78, 5) is 42.0. The van der Waals surface area contributed by atoms with Crippen molar-refractivity contribution in [2.24, 2.45) is 0 Å². The van der Waals surface area contributed by atoms with Crippen molar-refractivity contribution < 1.29 is 43.5 Å². The summed E-state index contributed by atoms with van der Waals surface area (Å²) in [6.07, 6.45) is -3.89. The predicted molar refractivity (Wildman–Crippen MR) is 147 cm³/mol. The molecule has 4 aromatic heterocycles. The van der Waals surface area contributed by atoms with Crippen molar-refractivity contribution in [2.45, 2.75) is 48.6 Å². The monoisotopic (exact) mass is 639 g/mol. The molecule has 0 aromatic carbocycles. The van der Waals surface area contributed by atoms with E-state index in [9.17, 15) is 25.0 Å². The number of H-pyrrole nitrogens is 1. The summed E-state index contributed by atoms with van der Waals surface area (Å²) < 4.78 is 32.1. The molecule has 4 aromatic rings. The predicted octanol–water partition coefficient (Wildman–Crippen LogP) is -2.37. The van der Waals surface area contributed by atoms with Gasteiger partial charge in [0.1, 0.15) is 53.9 Å². The number of nitrogens with zero attached hydrogens (tertiary/aromatic N) is 6. The number of hydrogen-bond donors (Lipinski definition) is 7. The van der Waals surface area contributed by atoms with E-state index in [1.165, 1.54) is 17.2 Å². The maximum atomic E-state index is 12.3. The van der Waals surface area contributed by atoms with Crippen LogP contribution in [0.15, 0.2) is 29.7 Å². The molecule has 3 fully saturated rings. The highest BCUT2D eigenvalue weighted by atomic mass is 32.5. The summed E-state index contributed by atoms with van der Waals surface area (Å²) in [6, 6.07) is 1.71. The van der Waals surface area contributed by atoms with Gasteiger partial charge in [-0.1, -0.05) is 0 Å². The lowest BCUT2D eigenvalue weighted by atomic mass is 10.0. The van der Waals surface area contributed by atoms with Gasteiger partial charge in [-0.3, -0.25) is 18.9 Å². The zero-order chi connectivity index (χ0) is 30.3. The second-order valence-electron chi connectivity index (χ2n) is 10.3. The largest absolute Gasteiger partial charge is 0.394 e. The molecule has 0 saturated carbocycles. The molecule has 43 heavy (non-hydrogen) atoms. The molecule has 7 heterocycles. The van der Waals surface area contributed by atoms with Crippen LogP contribution in [0.2, 0.25) is 0 Å². The smallest absolute Gasteiger partial charge is 0.325 e. The number of aliphatic hydroxyl groups excluding tert-OH is 3. The average Bonchev–Trinajstić information content (AvgIpc) is 3.77. The van der Waals surface area contributed by atoms with Gasteiger partial charge in [0.15, 0.2) is 23.6 Å². The Kier molecular flexibility index (Phi) is 6.80. The van der Waals surface area contributed by atoms with Crippen molar-refractivity contribution in [1.29, 1.82) is 0 Å². The quantitative estimate of drug-likeness (QED) is 0.0992. The lowest BCUT2D eigenvalue weighted by Crippen LogP contribution is -2.45. The van der Waals surface area contributed by atoms with Crippen LogP contribution in [-0.4, -0.2) is 110 Å². The van der Waals surface area contributed by atoms with Crippen LogP contribution in [-0.2, 0) is 35.1 Å². The highest BCUT2D eigenvalue weighted by Gasteiger charge is 2.62. The summed E-state index contributed by atoms with van der Waals surface area (Å²) in [5, 5.41) is 32.3. The Hall–Kier alpha value is -3.14. The fourth-order valence-corrected chi connectivity index (χ4v) is 7.08. The second-order valence-corrected chi connectivity index (χ2v) is 13.1. The maximum absolute atomic E-state index is 12.3. The number of fused-ring (bicyclic) bond motifs is 4. The van der Waals surface area contributed by atoms with Crippen LogP contribution in [0, 0.1) is 0 Å². The second kappa shape index (κ2) is 10.2. The molecule has 9 N–H and O–H groups in total. The van der Waals surface area contributed by atoms with Crippen LogP contribution < -0.4 is 17.0 Å². The van der Waals surface area contributed by atoms with Gasteiger partial charge < -0.3 is 55.0 Å². The lowest BCUT2D eigenvalue weighted by molar-refractivity contribution is -0.183. The fourth-order valence-electron chi connectivity index (χ4n) is 5.65. The van der Waals surface area contributed by atoms with E-state index >= 15 is 0 Å². The van der Waals surface area contributed by atoms with Crippen molar-refractivity contribution in [2.75, 3.05) is 31.3 Å². The molecule has 3 aliphatic heterocycles.